The van der Waals surface area contributed by atoms with E-state index < -0.39 is 0 Å². The molecular weight excluding hydrogens is 268 g/mol. The number of hydrogen-bond donors (Lipinski definition) is 0. The molecule has 0 saturated carbocycles. The van der Waals surface area contributed by atoms with Gasteiger partial charge in [-0.15, -0.1) is 0 Å². The first-order chi connectivity index (χ1) is 10.7. The Balaban J connectivity index is 1.85. The molecule has 0 aliphatic carbocycles. The van der Waals surface area contributed by atoms with Gasteiger partial charge in [0.15, 0.2) is 0 Å². The van der Waals surface area contributed by atoms with Crippen molar-refractivity contribution >= 4 is 0 Å². The van der Waals surface area contributed by atoms with E-state index in [4.69, 9.17) is 4.74 Å². The molecule has 118 valence electrons. The van der Waals surface area contributed by atoms with E-state index in [1.165, 1.54) is 23.1 Å². The minimum Gasteiger partial charge on any atom is -0.376 e. The first-order valence-corrected chi connectivity index (χ1v) is 8.46. The van der Waals surface area contributed by atoms with Gasteiger partial charge in [0.05, 0.1) is 13.2 Å². The highest BCUT2D eigenvalue weighted by Crippen LogP contribution is 2.21. The van der Waals surface area contributed by atoms with Crippen LogP contribution in [0.2, 0.25) is 0 Å². The summed E-state index contributed by atoms with van der Waals surface area (Å²) in [5.74, 6) is 1.12. The molecular formula is C21H28O. The van der Waals surface area contributed by atoms with Crippen LogP contribution in [0.4, 0.5) is 0 Å². The molecule has 0 saturated heterocycles. The lowest BCUT2D eigenvalue weighted by Crippen LogP contribution is -2.07. The highest BCUT2D eigenvalue weighted by molar-refractivity contribution is 5.24. The minimum absolute atomic E-state index is 0.487. The van der Waals surface area contributed by atoms with E-state index >= 15 is 0 Å². The Bertz CT molecular complexity index is 530. The van der Waals surface area contributed by atoms with E-state index in [1.54, 1.807) is 0 Å². The Hall–Kier alpha value is -1.60. The lowest BCUT2D eigenvalue weighted by atomic mass is 9.97. The highest BCUT2D eigenvalue weighted by atomic mass is 16.5. The van der Waals surface area contributed by atoms with Crippen molar-refractivity contribution in [3.05, 3.63) is 71.3 Å². The maximum Gasteiger partial charge on any atom is 0.0717 e. The third-order valence-electron chi connectivity index (χ3n) is 4.51. The topological polar surface area (TPSA) is 9.23 Å². The minimum atomic E-state index is 0.487. The van der Waals surface area contributed by atoms with E-state index in [-0.39, 0.29) is 0 Å². The number of hydrogen-bond acceptors (Lipinski definition) is 1. The molecule has 0 aliphatic rings. The van der Waals surface area contributed by atoms with Crippen LogP contribution in [0.5, 0.6) is 0 Å². The average molecular weight is 296 g/mol. The van der Waals surface area contributed by atoms with E-state index in [0.717, 1.165) is 13.0 Å². The van der Waals surface area contributed by atoms with Gasteiger partial charge in [-0.25, -0.2) is 0 Å². The first-order valence-electron chi connectivity index (χ1n) is 8.46. The van der Waals surface area contributed by atoms with Gasteiger partial charge in [0.2, 0.25) is 0 Å². The van der Waals surface area contributed by atoms with Crippen molar-refractivity contribution < 1.29 is 4.74 Å². The summed E-state index contributed by atoms with van der Waals surface area (Å²) in [4.78, 5) is 0. The van der Waals surface area contributed by atoms with Crippen LogP contribution in [0.1, 0.15) is 62.1 Å². The van der Waals surface area contributed by atoms with Gasteiger partial charge in [0.25, 0.3) is 0 Å². The van der Waals surface area contributed by atoms with Crippen LogP contribution in [-0.2, 0) is 11.3 Å². The lowest BCUT2D eigenvalue weighted by Gasteiger charge is -2.16. The molecule has 0 aliphatic heterocycles. The van der Waals surface area contributed by atoms with Gasteiger partial charge in [-0.3, -0.25) is 0 Å². The second-order valence-electron chi connectivity index (χ2n) is 6.08. The zero-order valence-corrected chi connectivity index (χ0v) is 14.1. The highest BCUT2D eigenvalue weighted by Gasteiger charge is 2.09. The maximum absolute atomic E-state index is 5.95. The molecule has 0 aromatic heterocycles. The Labute approximate surface area is 135 Å². The number of ether oxygens (including phenoxy) is 1. The molecule has 1 heteroatoms. The molecule has 0 radical (unpaired) electrons. The lowest BCUT2D eigenvalue weighted by molar-refractivity contribution is 0.106. The van der Waals surface area contributed by atoms with Crippen LogP contribution in [0.15, 0.2) is 54.6 Å². The average Bonchev–Trinajstić information content (AvgIpc) is 2.59. The van der Waals surface area contributed by atoms with Crippen molar-refractivity contribution in [2.24, 2.45) is 0 Å². The van der Waals surface area contributed by atoms with E-state index in [9.17, 15) is 0 Å². The standard InChI is InChI=1S/C21H28O/c1-4-17(3)20-13-11-18(12-14-20)15-22-16-19(5-2)21-9-7-6-8-10-21/h6-14,17,19H,4-5,15-16H2,1-3H3. The molecule has 2 aromatic carbocycles. The van der Waals surface area contributed by atoms with Gasteiger partial charge in [-0.2, -0.15) is 0 Å². The van der Waals surface area contributed by atoms with Crippen LogP contribution in [-0.4, -0.2) is 6.61 Å². The normalized spacial score (nSPS) is 13.8. The molecule has 2 rings (SSSR count). The second-order valence-corrected chi connectivity index (χ2v) is 6.08. The predicted octanol–water partition coefficient (Wildman–Crippen LogP) is 5.91. The zero-order chi connectivity index (χ0) is 15.8. The Morgan fingerprint density at radius 1 is 0.818 bits per heavy atom. The van der Waals surface area contributed by atoms with Crippen LogP contribution in [0, 0.1) is 0 Å². The second kappa shape index (κ2) is 8.75. The van der Waals surface area contributed by atoms with Crippen molar-refractivity contribution in [3.63, 3.8) is 0 Å². The third kappa shape index (κ3) is 4.71. The smallest absolute Gasteiger partial charge is 0.0717 e. The fourth-order valence-corrected chi connectivity index (χ4v) is 2.67. The van der Waals surface area contributed by atoms with Crippen molar-refractivity contribution in [1.82, 2.24) is 0 Å². The molecule has 0 spiro atoms. The summed E-state index contributed by atoms with van der Waals surface area (Å²) in [6.45, 7) is 8.22. The Morgan fingerprint density at radius 2 is 1.50 bits per heavy atom. The SMILES string of the molecule is CCC(C)c1ccc(COCC(CC)c2ccccc2)cc1. The Kier molecular flexibility index (Phi) is 6.67. The quantitative estimate of drug-likeness (QED) is 0.588. The van der Waals surface area contributed by atoms with Crippen LogP contribution >= 0.6 is 0 Å². The van der Waals surface area contributed by atoms with Crippen molar-refractivity contribution in [2.45, 2.75) is 52.1 Å². The molecule has 2 aromatic rings. The molecule has 2 unspecified atom stereocenters. The summed E-state index contributed by atoms with van der Waals surface area (Å²) in [7, 11) is 0. The van der Waals surface area contributed by atoms with Crippen LogP contribution in [0.25, 0.3) is 0 Å². The van der Waals surface area contributed by atoms with Crippen molar-refractivity contribution in [1.29, 1.82) is 0 Å². The summed E-state index contributed by atoms with van der Waals surface area (Å²) < 4.78 is 5.95. The van der Waals surface area contributed by atoms with Gasteiger partial charge in [-0.1, -0.05) is 75.4 Å². The monoisotopic (exact) mass is 296 g/mol. The summed E-state index contributed by atoms with van der Waals surface area (Å²) >= 11 is 0. The largest absolute Gasteiger partial charge is 0.376 e. The van der Waals surface area contributed by atoms with E-state index in [0.29, 0.717) is 18.4 Å². The molecule has 0 bridgehead atoms. The molecule has 0 N–H and O–H groups in total. The van der Waals surface area contributed by atoms with Gasteiger partial charge < -0.3 is 4.74 Å². The summed E-state index contributed by atoms with van der Waals surface area (Å²) in [5, 5.41) is 0. The Morgan fingerprint density at radius 3 is 2.09 bits per heavy atom. The molecule has 22 heavy (non-hydrogen) atoms. The summed E-state index contributed by atoms with van der Waals surface area (Å²) in [6.07, 6.45) is 2.29. The van der Waals surface area contributed by atoms with Crippen molar-refractivity contribution in [3.8, 4) is 0 Å². The van der Waals surface area contributed by atoms with Gasteiger partial charge in [0.1, 0.15) is 0 Å². The van der Waals surface area contributed by atoms with Crippen molar-refractivity contribution in [2.75, 3.05) is 6.61 Å². The number of benzene rings is 2. The molecule has 1 nitrogen and oxygen atoms in total. The molecule has 0 fully saturated rings. The molecule has 2 atom stereocenters. The fourth-order valence-electron chi connectivity index (χ4n) is 2.67. The predicted molar refractivity (Wildman–Crippen MR) is 94.3 cm³/mol. The van der Waals surface area contributed by atoms with Gasteiger partial charge in [0, 0.05) is 5.92 Å². The van der Waals surface area contributed by atoms with Gasteiger partial charge >= 0.3 is 0 Å². The molecule has 0 heterocycles. The first kappa shape index (κ1) is 16.8. The van der Waals surface area contributed by atoms with Crippen LogP contribution in [0.3, 0.4) is 0 Å². The van der Waals surface area contributed by atoms with Gasteiger partial charge in [-0.05, 0) is 35.4 Å². The third-order valence-corrected chi connectivity index (χ3v) is 4.51. The zero-order valence-electron chi connectivity index (χ0n) is 14.1. The van der Waals surface area contributed by atoms with E-state index in [1.807, 2.05) is 0 Å². The summed E-state index contributed by atoms with van der Waals surface area (Å²) in [6, 6.07) is 19.5. The maximum atomic E-state index is 5.95. The van der Waals surface area contributed by atoms with E-state index in [2.05, 4.69) is 75.4 Å². The fraction of sp³-hybridized carbons (Fsp3) is 0.429. The number of rotatable bonds is 8. The molecule has 0 amide bonds. The summed E-state index contributed by atoms with van der Waals surface area (Å²) in [5.41, 5.74) is 4.05. The van der Waals surface area contributed by atoms with Crippen LogP contribution < -0.4 is 0 Å².